The second kappa shape index (κ2) is 7.16. The van der Waals surface area contributed by atoms with E-state index in [-0.39, 0.29) is 5.92 Å². The van der Waals surface area contributed by atoms with Crippen LogP contribution >= 0.6 is 0 Å². The Balaban J connectivity index is 1.90. The number of carbonyl (C=O) groups is 1. The molecule has 0 saturated carbocycles. The van der Waals surface area contributed by atoms with Gasteiger partial charge in [0.05, 0.1) is 5.92 Å². The highest BCUT2D eigenvalue weighted by atomic mass is 16.6. The maximum atomic E-state index is 11.8. The number of aromatic amines is 1. The van der Waals surface area contributed by atoms with Gasteiger partial charge in [-0.3, -0.25) is 4.79 Å². The zero-order valence-corrected chi connectivity index (χ0v) is 13.2. The number of benzene rings is 1. The predicted molar refractivity (Wildman–Crippen MR) is 83.1 cm³/mol. The molecule has 0 bridgehead atoms. The van der Waals surface area contributed by atoms with Crippen molar-refractivity contribution in [3.05, 3.63) is 29.6 Å². The van der Waals surface area contributed by atoms with Crippen LogP contribution in [0.3, 0.4) is 0 Å². The lowest BCUT2D eigenvalue weighted by Gasteiger charge is -2.21. The van der Waals surface area contributed by atoms with Crippen LogP contribution in [-0.4, -0.2) is 42.0 Å². The lowest BCUT2D eigenvalue weighted by Crippen LogP contribution is -2.25. The van der Waals surface area contributed by atoms with Crippen molar-refractivity contribution >= 4 is 17.0 Å². The van der Waals surface area contributed by atoms with Gasteiger partial charge in [0, 0.05) is 5.92 Å². The molecule has 9 heteroatoms. The fourth-order valence-electron chi connectivity index (χ4n) is 2.87. The molecule has 24 heavy (non-hydrogen) atoms. The zero-order chi connectivity index (χ0) is 16.9. The number of carboxylic acid groups (broad SMARTS) is 1. The summed E-state index contributed by atoms with van der Waals surface area (Å²) in [4.78, 5) is 11.8. The maximum absolute atomic E-state index is 11.8. The first-order valence-corrected chi connectivity index (χ1v) is 7.86. The number of hydrogen-bond donors (Lipinski definition) is 2. The van der Waals surface area contributed by atoms with Crippen molar-refractivity contribution in [2.45, 2.75) is 38.5 Å². The summed E-state index contributed by atoms with van der Waals surface area (Å²) in [6.45, 7) is 2.04. The second-order valence-electron chi connectivity index (χ2n) is 5.75. The van der Waals surface area contributed by atoms with Crippen LogP contribution in [0.1, 0.15) is 43.5 Å². The molecule has 0 aliphatic carbocycles. The molecule has 0 unspecified atom stereocenters. The van der Waals surface area contributed by atoms with Gasteiger partial charge < -0.3 is 5.11 Å². The van der Waals surface area contributed by atoms with Gasteiger partial charge >= 0.3 is 5.97 Å². The number of nitrogens with zero attached hydrogens (tertiary/aromatic N) is 5. The summed E-state index contributed by atoms with van der Waals surface area (Å²) in [5, 5.41) is 31.3. The number of unbranched alkanes of at least 4 members (excludes halogenated alkanes) is 1. The summed E-state index contributed by atoms with van der Waals surface area (Å²) >= 11 is 0. The second-order valence-corrected chi connectivity index (χ2v) is 5.75. The Morgan fingerprint density at radius 2 is 2.17 bits per heavy atom. The summed E-state index contributed by atoms with van der Waals surface area (Å²) in [5.74, 6) is -1.38. The van der Waals surface area contributed by atoms with Gasteiger partial charge in [-0.2, -0.15) is 5.21 Å². The van der Waals surface area contributed by atoms with Gasteiger partial charge in [-0.05, 0) is 40.9 Å². The van der Waals surface area contributed by atoms with Crippen molar-refractivity contribution < 1.29 is 14.5 Å². The van der Waals surface area contributed by atoms with E-state index in [1.807, 2.05) is 19.1 Å². The highest BCUT2D eigenvalue weighted by Crippen LogP contribution is 2.30. The van der Waals surface area contributed by atoms with Gasteiger partial charge in [0.2, 0.25) is 0 Å². The quantitative estimate of drug-likeness (QED) is 0.640. The average molecular weight is 330 g/mol. The Morgan fingerprint density at radius 3 is 2.88 bits per heavy atom. The monoisotopic (exact) mass is 330 g/mol. The highest BCUT2D eigenvalue weighted by molar-refractivity contribution is 5.74. The Kier molecular flexibility index (Phi) is 4.78. The Labute approximate surface area is 137 Å². The van der Waals surface area contributed by atoms with Gasteiger partial charge in [-0.15, -0.1) is 10.2 Å². The molecule has 0 aliphatic rings. The van der Waals surface area contributed by atoms with Crippen LogP contribution in [0.15, 0.2) is 22.8 Å². The molecular weight excluding hydrogens is 312 g/mol. The number of tetrazole rings is 1. The Hall–Kier alpha value is -2.84. The maximum Gasteiger partial charge on any atom is 0.307 e. The molecule has 2 atom stereocenters. The van der Waals surface area contributed by atoms with E-state index in [2.05, 4.69) is 30.9 Å². The van der Waals surface area contributed by atoms with Gasteiger partial charge in [-0.25, -0.2) is 4.63 Å². The van der Waals surface area contributed by atoms with E-state index < -0.39 is 11.9 Å². The van der Waals surface area contributed by atoms with E-state index in [1.165, 1.54) is 0 Å². The molecule has 126 valence electrons. The minimum Gasteiger partial charge on any atom is -0.481 e. The number of aliphatic carboxylic acids is 1. The molecule has 0 saturated heterocycles. The molecular formula is C15H18N6O3. The SMILES string of the molecule is CCCC[C@H](C(=O)O)[C@H](Cc1ccc2nonc2c1)c1nn[nH]n1. The summed E-state index contributed by atoms with van der Waals surface area (Å²) in [6, 6.07) is 5.53. The van der Waals surface area contributed by atoms with Crippen LogP contribution in [0.25, 0.3) is 11.0 Å². The van der Waals surface area contributed by atoms with Crippen LogP contribution < -0.4 is 0 Å². The van der Waals surface area contributed by atoms with Crippen LogP contribution in [0.2, 0.25) is 0 Å². The van der Waals surface area contributed by atoms with Gasteiger partial charge in [0.1, 0.15) is 11.0 Å². The van der Waals surface area contributed by atoms with Gasteiger partial charge in [0.15, 0.2) is 5.82 Å². The van der Waals surface area contributed by atoms with Crippen molar-refractivity contribution in [2.24, 2.45) is 5.92 Å². The first-order chi connectivity index (χ1) is 11.7. The molecule has 2 N–H and O–H groups in total. The van der Waals surface area contributed by atoms with Crippen molar-refractivity contribution in [3.8, 4) is 0 Å². The van der Waals surface area contributed by atoms with E-state index in [1.54, 1.807) is 6.07 Å². The highest BCUT2D eigenvalue weighted by Gasteiger charge is 2.32. The minimum atomic E-state index is -0.845. The summed E-state index contributed by atoms with van der Waals surface area (Å²) in [5.41, 5.74) is 2.23. The third kappa shape index (κ3) is 3.39. The molecule has 2 heterocycles. The third-order valence-electron chi connectivity index (χ3n) is 4.14. The number of carboxylic acids is 1. The van der Waals surface area contributed by atoms with E-state index in [0.717, 1.165) is 18.4 Å². The number of nitrogens with one attached hydrogen (secondary N) is 1. The van der Waals surface area contributed by atoms with Crippen molar-refractivity contribution in [2.75, 3.05) is 0 Å². The number of rotatable bonds is 8. The lowest BCUT2D eigenvalue weighted by atomic mass is 9.83. The Morgan fingerprint density at radius 1 is 1.33 bits per heavy atom. The molecule has 0 aliphatic heterocycles. The lowest BCUT2D eigenvalue weighted by molar-refractivity contribution is -0.143. The van der Waals surface area contributed by atoms with Gasteiger partial charge in [-0.1, -0.05) is 31.0 Å². The fraction of sp³-hybridized carbons (Fsp3) is 0.467. The number of aromatic nitrogens is 6. The van der Waals surface area contributed by atoms with Crippen molar-refractivity contribution in [1.29, 1.82) is 0 Å². The van der Waals surface area contributed by atoms with E-state index in [4.69, 9.17) is 4.63 Å². The molecule has 9 nitrogen and oxygen atoms in total. The summed E-state index contributed by atoms with van der Waals surface area (Å²) in [7, 11) is 0. The molecule has 2 aromatic heterocycles. The molecule has 3 rings (SSSR count). The summed E-state index contributed by atoms with van der Waals surface area (Å²) in [6.07, 6.45) is 2.80. The third-order valence-corrected chi connectivity index (χ3v) is 4.14. The molecule has 0 amide bonds. The van der Waals surface area contributed by atoms with Crippen LogP contribution in [0.5, 0.6) is 0 Å². The first-order valence-electron chi connectivity index (χ1n) is 7.86. The topological polar surface area (TPSA) is 131 Å². The number of fused-ring (bicyclic) bond motifs is 1. The first kappa shape index (κ1) is 16.0. The van der Waals surface area contributed by atoms with Crippen LogP contribution in [0, 0.1) is 5.92 Å². The fourth-order valence-corrected chi connectivity index (χ4v) is 2.87. The molecule has 3 aromatic rings. The normalized spacial score (nSPS) is 13.9. The van der Waals surface area contributed by atoms with E-state index in [0.29, 0.717) is 29.7 Å². The largest absolute Gasteiger partial charge is 0.481 e. The number of hydrogen-bond acceptors (Lipinski definition) is 7. The molecule has 0 spiro atoms. The van der Waals surface area contributed by atoms with Crippen molar-refractivity contribution in [3.63, 3.8) is 0 Å². The average Bonchev–Trinajstić information content (AvgIpc) is 3.24. The zero-order valence-electron chi connectivity index (χ0n) is 13.2. The Bertz CT molecular complexity index is 801. The molecule has 0 fully saturated rings. The standard InChI is InChI=1S/C15H18N6O3/c1-2-3-4-10(15(22)23)11(14-16-20-21-17-14)7-9-5-6-12-13(8-9)19-24-18-12/h5-6,8,10-11H,2-4,7H2,1H3,(H,22,23)(H,16,17,20,21)/t10-,11-/m0/s1. The summed E-state index contributed by atoms with van der Waals surface area (Å²) < 4.78 is 4.70. The predicted octanol–water partition coefficient (Wildman–Crippen LogP) is 1.95. The van der Waals surface area contributed by atoms with Crippen molar-refractivity contribution in [1.82, 2.24) is 30.9 Å². The smallest absolute Gasteiger partial charge is 0.307 e. The number of H-pyrrole nitrogens is 1. The molecule has 0 radical (unpaired) electrons. The van der Waals surface area contributed by atoms with Crippen LogP contribution in [0.4, 0.5) is 0 Å². The van der Waals surface area contributed by atoms with E-state index in [9.17, 15) is 9.90 Å². The molecule has 1 aromatic carbocycles. The van der Waals surface area contributed by atoms with E-state index >= 15 is 0 Å². The van der Waals surface area contributed by atoms with Crippen LogP contribution in [-0.2, 0) is 11.2 Å². The minimum absolute atomic E-state index is 0.370. The van der Waals surface area contributed by atoms with Gasteiger partial charge in [0.25, 0.3) is 0 Å².